The molecule has 152 valence electrons. The third kappa shape index (κ3) is 5.41. The summed E-state index contributed by atoms with van der Waals surface area (Å²) in [7, 11) is -0.600. The molecule has 0 saturated heterocycles. The number of carbonyl (C=O) groups excluding carboxylic acids is 1. The summed E-state index contributed by atoms with van der Waals surface area (Å²) >= 11 is 0. The molecule has 0 aromatic heterocycles. The number of carbonyl (C=O) groups is 1. The van der Waals surface area contributed by atoms with Gasteiger partial charge < -0.3 is 10.6 Å². The van der Waals surface area contributed by atoms with Gasteiger partial charge in [-0.1, -0.05) is 50.2 Å². The van der Waals surface area contributed by atoms with E-state index >= 15 is 0 Å². The Bertz CT molecular complexity index is 910. The number of aryl methyl sites for hydroxylation is 1. The second kappa shape index (κ2) is 9.32. The molecule has 0 heterocycles. The molecule has 1 amide bonds. The van der Waals surface area contributed by atoms with Crippen LogP contribution >= 0.6 is 0 Å². The van der Waals surface area contributed by atoms with Crippen molar-refractivity contribution < 1.29 is 13.2 Å². The minimum Gasteiger partial charge on any atom is -0.325 e. The first-order valence-electron chi connectivity index (χ1n) is 9.24. The number of hydrogen-bond acceptors (Lipinski definition) is 4. The van der Waals surface area contributed by atoms with Crippen LogP contribution in [0.3, 0.4) is 0 Å². The molecule has 0 aliphatic carbocycles. The molecule has 2 aromatic rings. The minimum absolute atomic E-state index is 0.0495. The van der Waals surface area contributed by atoms with Crippen LogP contribution in [0.1, 0.15) is 31.0 Å². The maximum Gasteiger partial charge on any atom is 0.242 e. The lowest BCUT2D eigenvalue weighted by Crippen LogP contribution is -2.33. The van der Waals surface area contributed by atoms with Crippen LogP contribution in [0.25, 0.3) is 0 Å². The van der Waals surface area contributed by atoms with Gasteiger partial charge in [-0.2, -0.15) is 0 Å². The van der Waals surface area contributed by atoms with E-state index in [1.165, 1.54) is 20.2 Å². The Labute approximate surface area is 168 Å². The highest BCUT2D eigenvalue weighted by molar-refractivity contribution is 7.89. The van der Waals surface area contributed by atoms with Crippen molar-refractivity contribution in [2.45, 2.75) is 31.7 Å². The molecule has 0 bridgehead atoms. The van der Waals surface area contributed by atoms with E-state index in [0.717, 1.165) is 15.4 Å². The van der Waals surface area contributed by atoms with Crippen molar-refractivity contribution in [3.63, 3.8) is 0 Å². The van der Waals surface area contributed by atoms with Crippen molar-refractivity contribution in [1.29, 1.82) is 0 Å². The van der Waals surface area contributed by atoms with Gasteiger partial charge >= 0.3 is 0 Å². The van der Waals surface area contributed by atoms with Crippen molar-refractivity contribution in [3.8, 4) is 0 Å². The van der Waals surface area contributed by atoms with E-state index in [1.54, 1.807) is 12.1 Å². The number of anilines is 1. The van der Waals surface area contributed by atoms with Gasteiger partial charge in [0.15, 0.2) is 0 Å². The lowest BCUT2D eigenvalue weighted by Gasteiger charge is -2.23. The van der Waals surface area contributed by atoms with Gasteiger partial charge in [0.05, 0.1) is 11.4 Å². The standard InChI is InChI=1S/C21H29N3O3S/c1-15(2)21(17-9-7-6-8-10-17)22-14-20(25)23-19-13-18(12-11-16(19)3)28(26,27)24(4)5/h6-13,15,21-22H,14H2,1-5H3,(H,23,25)/t21-/m1/s1. The molecular weight excluding hydrogens is 374 g/mol. The fourth-order valence-corrected chi connectivity index (χ4v) is 3.83. The second-order valence-electron chi connectivity index (χ2n) is 7.33. The van der Waals surface area contributed by atoms with Gasteiger partial charge in [0, 0.05) is 25.8 Å². The van der Waals surface area contributed by atoms with Crippen molar-refractivity contribution in [2.75, 3.05) is 26.0 Å². The summed E-state index contributed by atoms with van der Waals surface area (Å²) in [6, 6.07) is 14.8. The lowest BCUT2D eigenvalue weighted by molar-refractivity contribution is -0.115. The van der Waals surface area contributed by atoms with Crippen LogP contribution in [0.15, 0.2) is 53.4 Å². The average molecular weight is 404 g/mol. The van der Waals surface area contributed by atoms with Crippen LogP contribution in [-0.2, 0) is 14.8 Å². The minimum atomic E-state index is -3.56. The second-order valence-corrected chi connectivity index (χ2v) is 9.48. The first-order valence-corrected chi connectivity index (χ1v) is 10.7. The molecule has 0 saturated carbocycles. The summed E-state index contributed by atoms with van der Waals surface area (Å²) in [5, 5.41) is 6.12. The Morgan fingerprint density at radius 1 is 1.07 bits per heavy atom. The third-order valence-corrected chi connectivity index (χ3v) is 6.38. The first-order chi connectivity index (χ1) is 13.1. The van der Waals surface area contributed by atoms with E-state index < -0.39 is 10.0 Å². The van der Waals surface area contributed by atoms with Crippen molar-refractivity contribution in [3.05, 3.63) is 59.7 Å². The molecular formula is C21H29N3O3S. The highest BCUT2D eigenvalue weighted by Gasteiger charge is 2.20. The fraction of sp³-hybridized carbons (Fsp3) is 0.381. The van der Waals surface area contributed by atoms with Gasteiger partial charge in [-0.25, -0.2) is 12.7 Å². The first kappa shape index (κ1) is 22.1. The van der Waals surface area contributed by atoms with Crippen molar-refractivity contribution >= 4 is 21.6 Å². The van der Waals surface area contributed by atoms with Gasteiger partial charge in [-0.15, -0.1) is 0 Å². The molecule has 2 aromatic carbocycles. The number of nitrogens with one attached hydrogen (secondary N) is 2. The topological polar surface area (TPSA) is 78.5 Å². The highest BCUT2D eigenvalue weighted by atomic mass is 32.2. The molecule has 0 aliphatic heterocycles. The normalized spacial score (nSPS) is 13.0. The van der Waals surface area contributed by atoms with Crippen LogP contribution in [0.2, 0.25) is 0 Å². The molecule has 0 spiro atoms. The van der Waals surface area contributed by atoms with Crippen molar-refractivity contribution in [1.82, 2.24) is 9.62 Å². The monoisotopic (exact) mass is 403 g/mol. The van der Waals surface area contributed by atoms with Crippen LogP contribution in [0.5, 0.6) is 0 Å². The number of sulfonamides is 1. The Morgan fingerprint density at radius 3 is 2.29 bits per heavy atom. The number of benzene rings is 2. The molecule has 6 nitrogen and oxygen atoms in total. The zero-order chi connectivity index (χ0) is 20.9. The average Bonchev–Trinajstić information content (AvgIpc) is 2.64. The largest absolute Gasteiger partial charge is 0.325 e. The van der Waals surface area contributed by atoms with Gasteiger partial charge in [0.2, 0.25) is 15.9 Å². The predicted octanol–water partition coefficient (Wildman–Crippen LogP) is 3.17. The number of hydrogen-bond donors (Lipinski definition) is 2. The maximum absolute atomic E-state index is 12.5. The molecule has 0 aliphatic rings. The fourth-order valence-electron chi connectivity index (χ4n) is 2.90. The molecule has 28 heavy (non-hydrogen) atoms. The summed E-state index contributed by atoms with van der Waals surface area (Å²) in [4.78, 5) is 12.6. The Morgan fingerprint density at radius 2 is 1.71 bits per heavy atom. The smallest absolute Gasteiger partial charge is 0.242 e. The summed E-state index contributed by atoms with van der Waals surface area (Å²) in [5.41, 5.74) is 2.42. The summed E-state index contributed by atoms with van der Waals surface area (Å²) in [6.45, 7) is 6.16. The Hall–Kier alpha value is -2.22. The van der Waals surface area contributed by atoms with Crippen LogP contribution in [-0.4, -0.2) is 39.3 Å². The molecule has 0 fully saturated rings. The molecule has 2 N–H and O–H groups in total. The summed E-state index contributed by atoms with van der Waals surface area (Å²) < 4.78 is 25.8. The molecule has 0 unspecified atom stereocenters. The Balaban J connectivity index is 2.10. The van der Waals surface area contributed by atoms with Gasteiger partial charge in [-0.05, 0) is 36.1 Å². The molecule has 2 rings (SSSR count). The third-order valence-electron chi connectivity index (χ3n) is 4.57. The highest BCUT2D eigenvalue weighted by Crippen LogP contribution is 2.23. The van der Waals surface area contributed by atoms with Crippen LogP contribution in [0, 0.1) is 12.8 Å². The van der Waals surface area contributed by atoms with Gasteiger partial charge in [-0.3, -0.25) is 4.79 Å². The van der Waals surface area contributed by atoms with Crippen molar-refractivity contribution in [2.24, 2.45) is 5.92 Å². The predicted molar refractivity (Wildman–Crippen MR) is 113 cm³/mol. The maximum atomic E-state index is 12.5. The van der Waals surface area contributed by atoms with E-state index in [0.29, 0.717) is 11.6 Å². The lowest BCUT2D eigenvalue weighted by atomic mass is 9.96. The van der Waals surface area contributed by atoms with Crippen LogP contribution in [0.4, 0.5) is 5.69 Å². The van der Waals surface area contributed by atoms with E-state index in [9.17, 15) is 13.2 Å². The molecule has 7 heteroatoms. The summed E-state index contributed by atoms with van der Waals surface area (Å²) in [5.74, 6) is 0.0922. The summed E-state index contributed by atoms with van der Waals surface area (Å²) in [6.07, 6.45) is 0. The molecule has 1 atom stereocenters. The Kier molecular flexibility index (Phi) is 7.35. The zero-order valence-electron chi connectivity index (χ0n) is 17.1. The van der Waals surface area contributed by atoms with Gasteiger partial charge in [0.25, 0.3) is 0 Å². The van der Waals surface area contributed by atoms with E-state index in [2.05, 4.69) is 24.5 Å². The quantitative estimate of drug-likeness (QED) is 0.710. The molecule has 0 radical (unpaired) electrons. The van der Waals surface area contributed by atoms with E-state index in [-0.39, 0.29) is 23.4 Å². The number of amides is 1. The van der Waals surface area contributed by atoms with Gasteiger partial charge in [0.1, 0.15) is 0 Å². The van der Waals surface area contributed by atoms with E-state index in [4.69, 9.17) is 0 Å². The number of nitrogens with zero attached hydrogens (tertiary/aromatic N) is 1. The SMILES string of the molecule is Cc1ccc(S(=O)(=O)N(C)C)cc1NC(=O)CN[C@@H](c1ccccc1)C(C)C. The van der Waals surface area contributed by atoms with E-state index in [1.807, 2.05) is 37.3 Å². The zero-order valence-corrected chi connectivity index (χ0v) is 17.9. The number of rotatable bonds is 8. The van der Waals surface area contributed by atoms with Crippen LogP contribution < -0.4 is 10.6 Å².